The number of aromatic nitrogens is 2. The van der Waals surface area contributed by atoms with Gasteiger partial charge < -0.3 is 5.32 Å². The maximum Gasteiger partial charge on any atom is 0.267 e. The Morgan fingerprint density at radius 1 is 1.17 bits per heavy atom. The molecule has 0 bridgehead atoms. The minimum Gasteiger partial charge on any atom is -0.325 e. The summed E-state index contributed by atoms with van der Waals surface area (Å²) >= 11 is 2.76. The topological polar surface area (TPSA) is 92.3 Å². The molecule has 0 saturated heterocycles. The lowest BCUT2D eigenvalue weighted by molar-refractivity contribution is -0.113. The summed E-state index contributed by atoms with van der Waals surface area (Å²) in [4.78, 5) is 22.1. The fourth-order valence-corrected chi connectivity index (χ4v) is 5.43. The molecule has 10 heteroatoms. The molecule has 154 valence electrons. The van der Waals surface area contributed by atoms with Crippen molar-refractivity contribution in [3.05, 3.63) is 54.7 Å². The molecule has 3 aromatic rings. The summed E-state index contributed by atoms with van der Waals surface area (Å²) in [6.07, 6.45) is 3.28. The molecule has 4 rings (SSSR count). The van der Waals surface area contributed by atoms with Gasteiger partial charge in [0.2, 0.25) is 5.91 Å². The van der Waals surface area contributed by atoms with Gasteiger partial charge in [0.1, 0.15) is 4.90 Å². The van der Waals surface area contributed by atoms with Crippen molar-refractivity contribution in [2.24, 2.45) is 0 Å². The van der Waals surface area contributed by atoms with Crippen LogP contribution in [-0.4, -0.2) is 43.3 Å². The van der Waals surface area contributed by atoms with Crippen LogP contribution in [0.15, 0.2) is 69.7 Å². The van der Waals surface area contributed by atoms with E-state index in [1.54, 1.807) is 23.9 Å². The Morgan fingerprint density at radius 2 is 1.97 bits per heavy atom. The van der Waals surface area contributed by atoms with Gasteiger partial charge in [0.25, 0.3) is 10.0 Å². The number of hydrogen-bond acceptors (Lipinski definition) is 7. The van der Waals surface area contributed by atoms with Crippen molar-refractivity contribution < 1.29 is 13.2 Å². The van der Waals surface area contributed by atoms with Crippen molar-refractivity contribution in [3.63, 3.8) is 0 Å². The molecule has 1 aliphatic heterocycles. The van der Waals surface area contributed by atoms with E-state index in [2.05, 4.69) is 15.3 Å². The second kappa shape index (κ2) is 8.29. The first-order valence-electron chi connectivity index (χ1n) is 8.92. The van der Waals surface area contributed by atoms with E-state index >= 15 is 0 Å². The largest absolute Gasteiger partial charge is 0.325 e. The third-order valence-corrected chi connectivity index (χ3v) is 7.91. The van der Waals surface area contributed by atoms with Crippen molar-refractivity contribution in [2.45, 2.75) is 14.9 Å². The molecular weight excluding hydrogens is 440 g/mol. The van der Waals surface area contributed by atoms with E-state index in [-0.39, 0.29) is 16.6 Å². The van der Waals surface area contributed by atoms with E-state index in [9.17, 15) is 13.2 Å². The van der Waals surface area contributed by atoms with Crippen LogP contribution in [0.5, 0.6) is 0 Å². The Bertz CT molecular complexity index is 1230. The van der Waals surface area contributed by atoms with Crippen molar-refractivity contribution in [1.82, 2.24) is 9.97 Å². The molecule has 0 radical (unpaired) electrons. The average molecular weight is 459 g/mol. The number of anilines is 2. The van der Waals surface area contributed by atoms with Gasteiger partial charge in [-0.05, 0) is 30.5 Å². The number of amides is 1. The highest BCUT2D eigenvalue weighted by Crippen LogP contribution is 2.41. The van der Waals surface area contributed by atoms with Crippen LogP contribution in [-0.2, 0) is 14.8 Å². The summed E-state index contributed by atoms with van der Waals surface area (Å²) in [5.41, 5.74) is 2.36. The first-order valence-corrected chi connectivity index (χ1v) is 12.6. The van der Waals surface area contributed by atoms with E-state index in [1.165, 1.54) is 17.5 Å². The van der Waals surface area contributed by atoms with Crippen LogP contribution < -0.4 is 9.62 Å². The van der Waals surface area contributed by atoms with Crippen molar-refractivity contribution in [3.8, 4) is 11.3 Å². The first kappa shape index (κ1) is 20.7. The summed E-state index contributed by atoms with van der Waals surface area (Å²) < 4.78 is 26.8. The number of carbonyl (C=O) groups is 1. The number of carbonyl (C=O) groups excluding carboxylic acids is 1. The van der Waals surface area contributed by atoms with Crippen LogP contribution in [0.2, 0.25) is 0 Å². The molecule has 1 aliphatic rings. The van der Waals surface area contributed by atoms with Crippen LogP contribution in [0.1, 0.15) is 0 Å². The molecule has 0 spiro atoms. The molecule has 0 atom stereocenters. The molecule has 0 unspecified atom stereocenters. The van der Waals surface area contributed by atoms with E-state index in [0.717, 1.165) is 22.3 Å². The number of fused-ring (bicyclic) bond motifs is 3. The van der Waals surface area contributed by atoms with Crippen molar-refractivity contribution in [1.29, 1.82) is 0 Å². The van der Waals surface area contributed by atoms with Crippen LogP contribution in [0, 0.1) is 0 Å². The minimum atomic E-state index is -3.71. The van der Waals surface area contributed by atoms with Gasteiger partial charge in [-0.3, -0.25) is 9.10 Å². The van der Waals surface area contributed by atoms with Gasteiger partial charge in [-0.15, -0.1) is 11.8 Å². The normalized spacial score (nSPS) is 14.0. The zero-order valence-corrected chi connectivity index (χ0v) is 18.6. The molecular formula is C20H18N4O3S3. The second-order valence-electron chi connectivity index (χ2n) is 6.42. The highest BCUT2D eigenvalue weighted by molar-refractivity contribution is 7.99. The predicted octanol–water partition coefficient (Wildman–Crippen LogP) is 3.73. The number of benzene rings is 2. The molecule has 0 saturated carbocycles. The predicted molar refractivity (Wildman–Crippen MR) is 121 cm³/mol. The molecule has 1 aromatic heterocycles. The Kier molecular flexibility index (Phi) is 5.72. The fraction of sp³-hybridized carbons (Fsp3) is 0.150. The molecule has 0 fully saturated rings. The van der Waals surface area contributed by atoms with Gasteiger partial charge >= 0.3 is 0 Å². The number of hydrogen-bond donors (Lipinski definition) is 1. The summed E-state index contributed by atoms with van der Waals surface area (Å²) in [6.45, 7) is 0. The van der Waals surface area contributed by atoms with Gasteiger partial charge in [-0.2, -0.15) is 0 Å². The molecule has 0 aliphatic carbocycles. The van der Waals surface area contributed by atoms with Gasteiger partial charge in [0, 0.05) is 23.2 Å². The number of thioether (sulfide) groups is 2. The Hall–Kier alpha value is -2.56. The van der Waals surface area contributed by atoms with Gasteiger partial charge in [0.15, 0.2) is 5.16 Å². The van der Waals surface area contributed by atoms with E-state index in [0.29, 0.717) is 22.1 Å². The number of para-hydroxylation sites is 1. The number of nitrogens with zero attached hydrogens (tertiary/aromatic N) is 3. The third-order valence-electron chi connectivity index (χ3n) is 4.56. The summed E-state index contributed by atoms with van der Waals surface area (Å²) in [6, 6.07) is 14.8. The van der Waals surface area contributed by atoms with E-state index < -0.39 is 10.0 Å². The van der Waals surface area contributed by atoms with Crippen LogP contribution >= 0.6 is 23.5 Å². The molecule has 1 N–H and O–H groups in total. The third kappa shape index (κ3) is 3.90. The summed E-state index contributed by atoms with van der Waals surface area (Å²) in [5, 5.41) is 3.20. The summed E-state index contributed by atoms with van der Waals surface area (Å²) in [7, 11) is -2.20. The Morgan fingerprint density at radius 3 is 2.77 bits per heavy atom. The maximum atomic E-state index is 12.8. The SMILES string of the molecule is CSc1cccc(NC(=O)CSc2ncc3c(n2)-c2ccccc2N(C)S3(=O)=O)c1. The van der Waals surface area contributed by atoms with Crippen LogP contribution in [0.3, 0.4) is 0 Å². The molecule has 30 heavy (non-hydrogen) atoms. The zero-order chi connectivity index (χ0) is 21.3. The monoisotopic (exact) mass is 458 g/mol. The minimum absolute atomic E-state index is 0.0615. The van der Waals surface area contributed by atoms with E-state index in [1.807, 2.05) is 42.7 Å². The van der Waals surface area contributed by atoms with Gasteiger partial charge in [0.05, 0.1) is 23.3 Å². The van der Waals surface area contributed by atoms with Crippen LogP contribution in [0.25, 0.3) is 11.3 Å². The number of rotatable bonds is 5. The zero-order valence-electron chi connectivity index (χ0n) is 16.2. The van der Waals surface area contributed by atoms with Gasteiger partial charge in [-0.1, -0.05) is 36.0 Å². The Labute approximate surface area is 183 Å². The quantitative estimate of drug-likeness (QED) is 0.460. The van der Waals surface area contributed by atoms with Crippen LogP contribution in [0.4, 0.5) is 11.4 Å². The highest BCUT2D eigenvalue weighted by atomic mass is 32.2. The Balaban J connectivity index is 1.54. The lowest BCUT2D eigenvalue weighted by Gasteiger charge is -2.28. The highest BCUT2D eigenvalue weighted by Gasteiger charge is 2.34. The average Bonchev–Trinajstić information content (AvgIpc) is 2.76. The van der Waals surface area contributed by atoms with Crippen molar-refractivity contribution in [2.75, 3.05) is 28.7 Å². The number of sulfonamides is 1. The van der Waals surface area contributed by atoms with Crippen molar-refractivity contribution >= 4 is 50.8 Å². The lowest BCUT2D eigenvalue weighted by atomic mass is 10.1. The standard InChI is InChI=1S/C20H18N4O3S3/c1-24-16-9-4-3-8-15(16)19-17(30(24,26)27)11-21-20(23-19)29-12-18(25)22-13-6-5-7-14(10-13)28-2/h3-11H,12H2,1-2H3,(H,22,25). The van der Waals surface area contributed by atoms with E-state index in [4.69, 9.17) is 0 Å². The first-order chi connectivity index (χ1) is 14.4. The maximum absolute atomic E-state index is 12.8. The lowest BCUT2D eigenvalue weighted by Crippen LogP contribution is -2.31. The summed E-state index contributed by atoms with van der Waals surface area (Å²) in [5.74, 6) is -0.0799. The smallest absolute Gasteiger partial charge is 0.267 e. The molecule has 1 amide bonds. The second-order valence-corrected chi connectivity index (χ2v) is 10.2. The number of nitrogens with one attached hydrogen (secondary N) is 1. The molecule has 2 aromatic carbocycles. The molecule has 2 heterocycles. The fourth-order valence-electron chi connectivity index (χ4n) is 3.06. The van der Waals surface area contributed by atoms with Gasteiger partial charge in [-0.25, -0.2) is 18.4 Å². The molecule has 7 nitrogen and oxygen atoms in total.